The van der Waals surface area contributed by atoms with Crippen molar-refractivity contribution < 1.29 is 23.1 Å². The molecule has 1 aromatic heterocycles. The van der Waals surface area contributed by atoms with Crippen LogP contribution in [0.5, 0.6) is 0 Å². The lowest BCUT2D eigenvalue weighted by atomic mass is 9.93. The molecule has 208 valence electrons. The van der Waals surface area contributed by atoms with Crippen LogP contribution in [0.3, 0.4) is 0 Å². The van der Waals surface area contributed by atoms with Crippen molar-refractivity contribution in [2.24, 2.45) is 5.41 Å². The first-order valence-electron chi connectivity index (χ1n) is 12.9. The van der Waals surface area contributed by atoms with Gasteiger partial charge in [0.2, 0.25) is 10.0 Å². The summed E-state index contributed by atoms with van der Waals surface area (Å²) < 4.78 is 32.6. The van der Waals surface area contributed by atoms with Crippen LogP contribution < -0.4 is 19.8 Å². The Morgan fingerprint density at radius 2 is 1.89 bits per heavy atom. The number of hydrogen-bond donors (Lipinski definition) is 3. The van der Waals surface area contributed by atoms with E-state index in [4.69, 9.17) is 9.84 Å². The maximum Gasteiger partial charge on any atom is 0.258 e. The fourth-order valence-corrected chi connectivity index (χ4v) is 6.01. The molecular formula is C26H36ClN5O5S. The number of halogens is 1. The number of piperidine rings is 1. The van der Waals surface area contributed by atoms with Crippen LogP contribution in [0.2, 0.25) is 0 Å². The molecule has 38 heavy (non-hydrogen) atoms. The van der Waals surface area contributed by atoms with Crippen LogP contribution in [-0.4, -0.2) is 75.7 Å². The second kappa shape index (κ2) is 11.6. The number of aromatic nitrogens is 1. The molecule has 1 amide bonds. The van der Waals surface area contributed by atoms with Crippen molar-refractivity contribution in [2.45, 2.75) is 38.7 Å². The first kappa shape index (κ1) is 28.4. The third-order valence-electron chi connectivity index (χ3n) is 7.54. The van der Waals surface area contributed by atoms with Gasteiger partial charge in [0, 0.05) is 26.2 Å². The number of carbonyl (C=O) groups excluding carboxylic acids is 1. The number of pyridine rings is 1. The second-order valence-electron chi connectivity index (χ2n) is 10.3. The fraction of sp³-hybridized carbons (Fsp3) is 0.538. The van der Waals surface area contributed by atoms with E-state index >= 15 is 0 Å². The van der Waals surface area contributed by atoms with Crippen molar-refractivity contribution in [2.75, 3.05) is 65.0 Å². The number of sulfonamides is 1. The lowest BCUT2D eigenvalue weighted by Crippen LogP contribution is -2.41. The number of hydrogen-bond acceptors (Lipinski definition) is 8. The molecule has 2 aromatic rings. The molecule has 1 atom stereocenters. The van der Waals surface area contributed by atoms with Crippen LogP contribution in [0.1, 0.15) is 43.0 Å². The van der Waals surface area contributed by atoms with Gasteiger partial charge >= 0.3 is 0 Å². The average molecular weight is 566 g/mol. The van der Waals surface area contributed by atoms with Crippen molar-refractivity contribution in [1.29, 1.82) is 0 Å². The van der Waals surface area contributed by atoms with Crippen LogP contribution in [0.25, 0.3) is 0 Å². The number of rotatable bonds is 8. The lowest BCUT2D eigenvalue weighted by Gasteiger charge is -2.35. The first-order chi connectivity index (χ1) is 17.8. The van der Waals surface area contributed by atoms with Gasteiger partial charge in [0.05, 0.1) is 42.0 Å². The molecule has 1 aromatic carbocycles. The topological polar surface area (TPSA) is 124 Å². The van der Waals surface area contributed by atoms with E-state index in [0.29, 0.717) is 34.8 Å². The van der Waals surface area contributed by atoms with E-state index in [-0.39, 0.29) is 30.2 Å². The number of aliphatic hydroxyl groups is 1. The van der Waals surface area contributed by atoms with Crippen molar-refractivity contribution >= 4 is 51.3 Å². The Kier molecular flexibility index (Phi) is 8.71. The molecule has 2 aliphatic heterocycles. The summed E-state index contributed by atoms with van der Waals surface area (Å²) in [6.07, 6.45) is 4.77. The smallest absolute Gasteiger partial charge is 0.258 e. The van der Waals surface area contributed by atoms with Crippen molar-refractivity contribution in [3.63, 3.8) is 0 Å². The number of aliphatic hydroxyl groups excluding tert-OH is 1. The molecular weight excluding hydrogens is 530 g/mol. The molecule has 0 radical (unpaired) electrons. The summed E-state index contributed by atoms with van der Waals surface area (Å²) in [6, 6.07) is 10.5. The minimum atomic E-state index is -3.68. The van der Waals surface area contributed by atoms with Gasteiger partial charge in [0.25, 0.3) is 5.91 Å². The zero-order chi connectivity index (χ0) is 26.0. The normalized spacial score (nSPS) is 20.5. The number of nitrogens with one attached hydrogen (secondary N) is 2. The van der Waals surface area contributed by atoms with E-state index in [2.05, 4.69) is 24.8 Å². The van der Waals surface area contributed by atoms with Crippen LogP contribution in [-0.2, 0) is 14.8 Å². The van der Waals surface area contributed by atoms with Gasteiger partial charge < -0.3 is 25.0 Å². The Morgan fingerprint density at radius 3 is 2.58 bits per heavy atom. The van der Waals surface area contributed by atoms with Crippen molar-refractivity contribution in [1.82, 2.24) is 4.98 Å². The minimum Gasteiger partial charge on any atom is -0.395 e. The Labute approximate surface area is 230 Å². The highest BCUT2D eigenvalue weighted by molar-refractivity contribution is 7.92. The van der Waals surface area contributed by atoms with Crippen LogP contribution in [0, 0.1) is 5.41 Å². The number of anilines is 4. The van der Waals surface area contributed by atoms with Gasteiger partial charge in [-0.25, -0.2) is 13.4 Å². The maximum absolute atomic E-state index is 13.5. The monoisotopic (exact) mass is 565 g/mol. The quantitative estimate of drug-likeness (QED) is 0.446. The van der Waals surface area contributed by atoms with Gasteiger partial charge in [-0.2, -0.15) is 0 Å². The summed E-state index contributed by atoms with van der Waals surface area (Å²) >= 11 is 0. The zero-order valence-electron chi connectivity index (χ0n) is 21.6. The van der Waals surface area contributed by atoms with E-state index in [1.165, 1.54) is 12.8 Å². The third kappa shape index (κ3) is 6.69. The molecule has 3 aliphatic rings. The summed E-state index contributed by atoms with van der Waals surface area (Å²) in [5.74, 6) is 0.552. The van der Waals surface area contributed by atoms with E-state index < -0.39 is 16.6 Å². The predicted molar refractivity (Wildman–Crippen MR) is 151 cm³/mol. The number of carbonyl (C=O) groups is 1. The minimum absolute atomic E-state index is 0. The fourth-order valence-electron chi connectivity index (χ4n) is 5.18. The molecule has 12 heteroatoms. The van der Waals surface area contributed by atoms with Crippen LogP contribution >= 0.6 is 12.4 Å². The SMILES string of the molecule is C[C@H]1CN(c2cccc(NC(=O)c3ccc(NS(=O)(=O)CCO)cc3N3CCC4(CC3)CC4)n2)CCO1.Cl. The highest BCUT2D eigenvalue weighted by Gasteiger charge is 2.44. The Morgan fingerprint density at radius 1 is 1.13 bits per heavy atom. The van der Waals surface area contributed by atoms with E-state index in [1.54, 1.807) is 24.3 Å². The Bertz CT molecular complexity index is 1250. The van der Waals surface area contributed by atoms with Gasteiger partial charge in [0.15, 0.2) is 0 Å². The first-order valence-corrected chi connectivity index (χ1v) is 14.6. The zero-order valence-corrected chi connectivity index (χ0v) is 23.2. The molecule has 3 fully saturated rings. The molecule has 0 bridgehead atoms. The number of benzene rings is 1. The lowest BCUT2D eigenvalue weighted by molar-refractivity contribution is 0.0529. The van der Waals surface area contributed by atoms with E-state index in [0.717, 1.165) is 44.8 Å². The van der Waals surface area contributed by atoms with Gasteiger partial charge in [-0.15, -0.1) is 12.4 Å². The number of nitrogens with zero attached hydrogens (tertiary/aromatic N) is 3. The largest absolute Gasteiger partial charge is 0.395 e. The average Bonchev–Trinajstić information content (AvgIpc) is 3.63. The molecule has 1 aliphatic carbocycles. The van der Waals surface area contributed by atoms with Crippen molar-refractivity contribution in [3.8, 4) is 0 Å². The molecule has 10 nitrogen and oxygen atoms in total. The Balaban J connectivity index is 0.00000336. The number of morpholine rings is 1. The molecule has 5 rings (SSSR count). The molecule has 3 heterocycles. The van der Waals surface area contributed by atoms with Crippen LogP contribution in [0.4, 0.5) is 23.0 Å². The van der Waals surface area contributed by atoms with E-state index in [9.17, 15) is 13.2 Å². The summed E-state index contributed by atoms with van der Waals surface area (Å²) in [4.78, 5) is 22.4. The van der Waals surface area contributed by atoms with E-state index in [1.807, 2.05) is 19.1 Å². The number of ether oxygens (including phenoxy) is 1. The van der Waals surface area contributed by atoms with Gasteiger partial charge in [-0.1, -0.05) is 6.07 Å². The van der Waals surface area contributed by atoms with Crippen molar-refractivity contribution in [3.05, 3.63) is 42.0 Å². The third-order valence-corrected chi connectivity index (χ3v) is 8.81. The Hall–Kier alpha value is -2.60. The summed E-state index contributed by atoms with van der Waals surface area (Å²) in [6.45, 7) is 5.30. The summed E-state index contributed by atoms with van der Waals surface area (Å²) in [5.41, 5.74) is 1.98. The molecule has 1 saturated carbocycles. The maximum atomic E-state index is 13.5. The highest BCUT2D eigenvalue weighted by atomic mass is 35.5. The number of amides is 1. The summed E-state index contributed by atoms with van der Waals surface area (Å²) in [7, 11) is -3.68. The molecule has 1 spiro atoms. The molecule has 3 N–H and O–H groups in total. The molecule has 0 unspecified atom stereocenters. The summed E-state index contributed by atoms with van der Waals surface area (Å²) in [5, 5.41) is 12.0. The van der Waals surface area contributed by atoms with Crippen LogP contribution in [0.15, 0.2) is 36.4 Å². The highest BCUT2D eigenvalue weighted by Crippen LogP contribution is 2.54. The standard InChI is InChI=1S/C26H35N5O5S.ClH/c1-19-18-31(13-15-36-19)24-4-2-3-23(27-24)28-25(33)21-6-5-20(29-37(34,35)16-14-32)17-22(21)30-11-9-26(7-8-26)10-12-30;/h2-6,17,19,29,32H,7-16,18H2,1H3,(H,27,28,33);1H/t19-;/m0./s1. The predicted octanol–water partition coefficient (Wildman–Crippen LogP) is 3.10. The second-order valence-corrected chi connectivity index (χ2v) is 12.2. The van der Waals surface area contributed by atoms with Gasteiger partial charge in [-0.05, 0) is 68.4 Å². The van der Waals surface area contributed by atoms with Gasteiger partial charge in [-0.3, -0.25) is 9.52 Å². The van der Waals surface area contributed by atoms with Gasteiger partial charge in [0.1, 0.15) is 11.6 Å². The molecule has 2 saturated heterocycles.